The van der Waals surface area contributed by atoms with E-state index in [4.69, 9.17) is 9.84 Å². The number of hydrogen-bond acceptors (Lipinski definition) is 3. The van der Waals surface area contributed by atoms with Gasteiger partial charge in [0.2, 0.25) is 0 Å². The van der Waals surface area contributed by atoms with Gasteiger partial charge >= 0.3 is 5.97 Å². The molecule has 0 aliphatic carbocycles. The maximum Gasteiger partial charge on any atom is 0.303 e. The van der Waals surface area contributed by atoms with E-state index in [1.807, 2.05) is 30.5 Å². The summed E-state index contributed by atoms with van der Waals surface area (Å²) >= 11 is 0. The lowest BCUT2D eigenvalue weighted by atomic mass is 10.0. The van der Waals surface area contributed by atoms with Crippen LogP contribution in [0.5, 0.6) is 5.75 Å². The zero-order valence-electron chi connectivity index (χ0n) is 13.6. The van der Waals surface area contributed by atoms with Crippen molar-refractivity contribution >= 4 is 5.97 Å². The maximum absolute atomic E-state index is 13.2. The summed E-state index contributed by atoms with van der Waals surface area (Å²) in [7, 11) is 1.60. The Labute approximate surface area is 144 Å². The topological polar surface area (TPSA) is 64.3 Å². The molecular weight excluding hydrogens is 323 g/mol. The molecule has 2 aromatic carbocycles. The molecule has 0 unspecified atom stereocenters. The summed E-state index contributed by atoms with van der Waals surface area (Å²) in [5.41, 5.74) is 3.02. The van der Waals surface area contributed by atoms with Gasteiger partial charge in [-0.1, -0.05) is 0 Å². The summed E-state index contributed by atoms with van der Waals surface area (Å²) in [6.45, 7) is 0. The molecule has 0 saturated heterocycles. The number of methoxy groups -OCH3 is 1. The Morgan fingerprint density at radius 1 is 1.16 bits per heavy atom. The van der Waals surface area contributed by atoms with Gasteiger partial charge in [-0.05, 0) is 60.5 Å². The lowest BCUT2D eigenvalue weighted by molar-refractivity contribution is -0.136. The number of aliphatic carboxylic acids is 1. The summed E-state index contributed by atoms with van der Waals surface area (Å²) in [6.07, 6.45) is 2.16. The lowest BCUT2D eigenvalue weighted by Gasteiger charge is -2.03. The van der Waals surface area contributed by atoms with E-state index in [-0.39, 0.29) is 12.2 Å². The number of halogens is 1. The highest BCUT2D eigenvalue weighted by Crippen LogP contribution is 2.25. The third kappa shape index (κ3) is 3.85. The van der Waals surface area contributed by atoms with Crippen LogP contribution < -0.4 is 4.74 Å². The van der Waals surface area contributed by atoms with Crippen molar-refractivity contribution in [2.75, 3.05) is 7.11 Å². The van der Waals surface area contributed by atoms with E-state index >= 15 is 0 Å². The van der Waals surface area contributed by atoms with Gasteiger partial charge in [-0.2, -0.15) is 5.10 Å². The summed E-state index contributed by atoms with van der Waals surface area (Å²) in [6, 6.07) is 13.4. The molecule has 0 bridgehead atoms. The average molecular weight is 340 g/mol. The zero-order chi connectivity index (χ0) is 17.8. The molecule has 0 radical (unpaired) electrons. The maximum atomic E-state index is 13.2. The summed E-state index contributed by atoms with van der Waals surface area (Å²) in [5, 5.41) is 13.5. The molecule has 0 saturated carbocycles. The number of nitrogens with zero attached hydrogens (tertiary/aromatic N) is 2. The summed E-state index contributed by atoms with van der Waals surface area (Å²) < 4.78 is 20.0. The molecule has 0 atom stereocenters. The first-order valence-corrected chi connectivity index (χ1v) is 7.77. The van der Waals surface area contributed by atoms with Crippen LogP contribution >= 0.6 is 0 Å². The highest BCUT2D eigenvalue weighted by atomic mass is 19.1. The molecule has 0 amide bonds. The van der Waals surface area contributed by atoms with Gasteiger partial charge in [0.05, 0.1) is 18.5 Å². The van der Waals surface area contributed by atoms with Crippen LogP contribution in [0.2, 0.25) is 0 Å². The normalized spacial score (nSPS) is 10.6. The molecule has 128 valence electrons. The van der Waals surface area contributed by atoms with Crippen LogP contribution in [-0.2, 0) is 11.2 Å². The third-order valence-electron chi connectivity index (χ3n) is 3.85. The number of ether oxygens (including phenoxy) is 1. The van der Waals surface area contributed by atoms with E-state index in [1.54, 1.807) is 23.9 Å². The fourth-order valence-electron chi connectivity index (χ4n) is 2.55. The van der Waals surface area contributed by atoms with E-state index in [1.165, 1.54) is 12.1 Å². The van der Waals surface area contributed by atoms with Crippen LogP contribution in [0.1, 0.15) is 12.0 Å². The lowest BCUT2D eigenvalue weighted by Crippen LogP contribution is -1.97. The van der Waals surface area contributed by atoms with Crippen molar-refractivity contribution in [1.29, 1.82) is 0 Å². The molecule has 0 aliphatic heterocycles. The highest BCUT2D eigenvalue weighted by Gasteiger charge is 2.14. The number of benzene rings is 2. The van der Waals surface area contributed by atoms with Gasteiger partial charge in [-0.15, -0.1) is 0 Å². The van der Waals surface area contributed by atoms with Crippen molar-refractivity contribution in [3.05, 3.63) is 66.1 Å². The van der Waals surface area contributed by atoms with Gasteiger partial charge in [0.25, 0.3) is 0 Å². The molecule has 3 rings (SSSR count). The number of hydrogen-bond donors (Lipinski definition) is 1. The number of carboxylic acids is 1. The number of aryl methyl sites for hydroxylation is 1. The minimum absolute atomic E-state index is 0.00248. The SMILES string of the molecule is COc1ccc(-n2cc(CCC(=O)O)c(-c3ccc(F)cc3)n2)cc1. The Bertz CT molecular complexity index is 871. The van der Waals surface area contributed by atoms with Gasteiger partial charge in [-0.25, -0.2) is 9.07 Å². The minimum Gasteiger partial charge on any atom is -0.497 e. The largest absolute Gasteiger partial charge is 0.497 e. The quantitative estimate of drug-likeness (QED) is 0.743. The molecule has 0 aliphatic rings. The predicted molar refractivity (Wildman–Crippen MR) is 91.5 cm³/mol. The fraction of sp³-hybridized carbons (Fsp3) is 0.158. The first-order chi connectivity index (χ1) is 12.1. The van der Waals surface area contributed by atoms with Crippen LogP contribution in [0.4, 0.5) is 4.39 Å². The van der Waals surface area contributed by atoms with E-state index in [0.717, 1.165) is 22.6 Å². The van der Waals surface area contributed by atoms with E-state index in [9.17, 15) is 9.18 Å². The molecule has 1 aromatic heterocycles. The number of aromatic nitrogens is 2. The molecule has 5 nitrogen and oxygen atoms in total. The standard InChI is InChI=1S/C19H17FN2O3/c1-25-17-9-7-16(8-10-17)22-12-14(4-11-18(23)24)19(21-22)13-2-5-15(20)6-3-13/h2-3,5-10,12H,4,11H2,1H3,(H,23,24). The van der Waals surface area contributed by atoms with Gasteiger partial charge < -0.3 is 9.84 Å². The van der Waals surface area contributed by atoms with Crippen molar-refractivity contribution in [2.45, 2.75) is 12.8 Å². The van der Waals surface area contributed by atoms with Crippen molar-refractivity contribution in [2.24, 2.45) is 0 Å². The van der Waals surface area contributed by atoms with Crippen LogP contribution in [0.15, 0.2) is 54.7 Å². The Hall–Kier alpha value is -3.15. The average Bonchev–Trinajstić information content (AvgIpc) is 3.05. The first kappa shape index (κ1) is 16.7. The molecule has 1 N–H and O–H groups in total. The van der Waals surface area contributed by atoms with Crippen LogP contribution in [0.25, 0.3) is 16.9 Å². The smallest absolute Gasteiger partial charge is 0.303 e. The third-order valence-corrected chi connectivity index (χ3v) is 3.85. The van der Waals surface area contributed by atoms with Crippen molar-refractivity contribution < 1.29 is 19.0 Å². The second-order valence-electron chi connectivity index (χ2n) is 5.55. The van der Waals surface area contributed by atoms with Crippen LogP contribution in [0, 0.1) is 5.82 Å². The Morgan fingerprint density at radius 2 is 1.84 bits per heavy atom. The van der Waals surface area contributed by atoms with Gasteiger partial charge in [0.15, 0.2) is 0 Å². The molecule has 0 spiro atoms. The van der Waals surface area contributed by atoms with Gasteiger partial charge in [0.1, 0.15) is 11.6 Å². The van der Waals surface area contributed by atoms with Crippen LogP contribution in [0.3, 0.4) is 0 Å². The number of carbonyl (C=O) groups is 1. The van der Waals surface area contributed by atoms with Crippen LogP contribution in [-0.4, -0.2) is 28.0 Å². The zero-order valence-corrected chi connectivity index (χ0v) is 13.6. The molecule has 1 heterocycles. The minimum atomic E-state index is -0.873. The van der Waals surface area contributed by atoms with E-state index in [0.29, 0.717) is 12.1 Å². The van der Waals surface area contributed by atoms with Crippen molar-refractivity contribution in [3.63, 3.8) is 0 Å². The summed E-state index contributed by atoms with van der Waals surface area (Å²) in [4.78, 5) is 10.9. The van der Waals surface area contributed by atoms with E-state index in [2.05, 4.69) is 5.10 Å². The molecule has 6 heteroatoms. The molecule has 25 heavy (non-hydrogen) atoms. The van der Waals surface area contributed by atoms with E-state index < -0.39 is 5.97 Å². The Morgan fingerprint density at radius 3 is 2.44 bits per heavy atom. The Kier molecular flexibility index (Phi) is 4.79. The molecular formula is C19H17FN2O3. The van der Waals surface area contributed by atoms with Crippen molar-refractivity contribution in [3.8, 4) is 22.7 Å². The second-order valence-corrected chi connectivity index (χ2v) is 5.55. The number of carboxylic acid groups (broad SMARTS) is 1. The first-order valence-electron chi connectivity index (χ1n) is 7.77. The number of rotatable bonds is 6. The molecule has 3 aromatic rings. The van der Waals surface area contributed by atoms with Gasteiger partial charge in [0, 0.05) is 18.2 Å². The fourth-order valence-corrected chi connectivity index (χ4v) is 2.55. The predicted octanol–water partition coefficient (Wildman–Crippen LogP) is 3.70. The van der Waals surface area contributed by atoms with Crippen molar-refractivity contribution in [1.82, 2.24) is 9.78 Å². The second kappa shape index (κ2) is 7.17. The van der Waals surface area contributed by atoms with Gasteiger partial charge in [-0.3, -0.25) is 4.79 Å². The monoisotopic (exact) mass is 340 g/mol. The Balaban J connectivity index is 2.00. The molecule has 0 fully saturated rings. The highest BCUT2D eigenvalue weighted by molar-refractivity contribution is 5.69. The summed E-state index contributed by atoms with van der Waals surface area (Å²) in [5.74, 6) is -0.464.